The molecule has 0 saturated carbocycles. The van der Waals surface area contributed by atoms with Crippen molar-refractivity contribution in [2.75, 3.05) is 20.8 Å². The summed E-state index contributed by atoms with van der Waals surface area (Å²) in [6.07, 6.45) is 5.03. The Balaban J connectivity index is 2.02. The quantitative estimate of drug-likeness (QED) is 0.587. The molecule has 0 bridgehead atoms. The van der Waals surface area contributed by atoms with Crippen molar-refractivity contribution in [1.82, 2.24) is 19.9 Å². The normalized spacial score (nSPS) is 15.6. The summed E-state index contributed by atoms with van der Waals surface area (Å²) in [5, 5.41) is 3.17. The van der Waals surface area contributed by atoms with E-state index in [4.69, 9.17) is 9.47 Å². The monoisotopic (exact) mass is 447 g/mol. The van der Waals surface area contributed by atoms with Crippen LogP contribution in [0.1, 0.15) is 31.0 Å². The van der Waals surface area contributed by atoms with E-state index < -0.39 is 6.04 Å². The van der Waals surface area contributed by atoms with Gasteiger partial charge in [0.05, 0.1) is 25.5 Å². The molecule has 9 heteroatoms. The summed E-state index contributed by atoms with van der Waals surface area (Å²) in [4.78, 5) is 38.4. The van der Waals surface area contributed by atoms with Gasteiger partial charge >= 0.3 is 0 Å². The Morgan fingerprint density at radius 3 is 2.76 bits per heavy atom. The summed E-state index contributed by atoms with van der Waals surface area (Å²) >= 11 is 0. The fourth-order valence-corrected chi connectivity index (χ4v) is 3.95. The van der Waals surface area contributed by atoms with Gasteiger partial charge in [-0.25, -0.2) is 4.99 Å². The number of allylic oxidation sites excluding steroid dienone is 1. The van der Waals surface area contributed by atoms with Gasteiger partial charge in [0.15, 0.2) is 0 Å². The van der Waals surface area contributed by atoms with Crippen LogP contribution in [0.2, 0.25) is 0 Å². The van der Waals surface area contributed by atoms with Gasteiger partial charge in [0.1, 0.15) is 22.9 Å². The summed E-state index contributed by atoms with van der Waals surface area (Å²) in [5.74, 6) is 0.799. The zero-order valence-corrected chi connectivity index (χ0v) is 18.9. The zero-order chi connectivity index (χ0) is 23.5. The first-order valence-electron chi connectivity index (χ1n) is 10.5. The number of hydrogen-bond donors (Lipinski definition) is 2. The summed E-state index contributed by atoms with van der Waals surface area (Å²) in [6.45, 7) is 4.03. The van der Waals surface area contributed by atoms with Crippen LogP contribution in [-0.4, -0.2) is 41.2 Å². The molecule has 0 saturated heterocycles. The molecule has 1 aliphatic heterocycles. The van der Waals surface area contributed by atoms with Gasteiger partial charge in [-0.2, -0.15) is 0 Å². The van der Waals surface area contributed by atoms with E-state index in [1.54, 1.807) is 63.9 Å². The Hall–Kier alpha value is -4.14. The second-order valence-electron chi connectivity index (χ2n) is 7.45. The first-order chi connectivity index (χ1) is 16.0. The highest BCUT2D eigenvalue weighted by atomic mass is 16.5. The lowest BCUT2D eigenvalue weighted by Crippen LogP contribution is -2.42. The lowest BCUT2D eigenvalue weighted by molar-refractivity contribution is -0.117. The van der Waals surface area contributed by atoms with Crippen LogP contribution >= 0.6 is 0 Å². The number of rotatable bonds is 6. The van der Waals surface area contributed by atoms with Gasteiger partial charge in [-0.15, -0.1) is 0 Å². The van der Waals surface area contributed by atoms with Crippen LogP contribution in [0.3, 0.4) is 0 Å². The van der Waals surface area contributed by atoms with Gasteiger partial charge in [0, 0.05) is 24.5 Å². The van der Waals surface area contributed by atoms with Crippen molar-refractivity contribution in [3.63, 3.8) is 0 Å². The molecule has 1 atom stereocenters. The van der Waals surface area contributed by atoms with Gasteiger partial charge in [-0.05, 0) is 49.8 Å². The maximum Gasteiger partial charge on any atom is 0.277 e. The average Bonchev–Trinajstić information content (AvgIpc) is 3.12. The smallest absolute Gasteiger partial charge is 0.277 e. The van der Waals surface area contributed by atoms with E-state index in [0.717, 1.165) is 5.56 Å². The van der Waals surface area contributed by atoms with Crippen molar-refractivity contribution < 1.29 is 14.3 Å². The predicted molar refractivity (Wildman–Crippen MR) is 123 cm³/mol. The number of nitrogens with one attached hydrogen (secondary N) is 2. The third kappa shape index (κ3) is 4.05. The zero-order valence-electron chi connectivity index (χ0n) is 18.9. The molecule has 0 aliphatic carbocycles. The fourth-order valence-electron chi connectivity index (χ4n) is 3.95. The Bertz CT molecular complexity index is 1400. The molecule has 9 nitrogen and oxygen atoms in total. The molecular weight excluding hydrogens is 422 g/mol. The van der Waals surface area contributed by atoms with Crippen LogP contribution < -0.4 is 31.3 Å². The number of carbonyl (C=O) groups is 1. The number of pyridine rings is 1. The van der Waals surface area contributed by atoms with Gasteiger partial charge in [-0.3, -0.25) is 19.1 Å². The summed E-state index contributed by atoms with van der Waals surface area (Å²) in [7, 11) is 3.10. The molecule has 2 N–H and O–H groups in total. The number of benzene rings is 1. The van der Waals surface area contributed by atoms with Crippen LogP contribution in [-0.2, 0) is 4.79 Å². The molecule has 3 aromatic rings. The first-order valence-corrected chi connectivity index (χ1v) is 10.5. The molecule has 1 aromatic carbocycles. The van der Waals surface area contributed by atoms with Crippen LogP contribution in [0.15, 0.2) is 63.8 Å². The number of ether oxygens (including phenoxy) is 2. The molecule has 170 valence electrons. The molecule has 1 unspecified atom stereocenters. The number of aromatic nitrogens is 3. The number of nitrogens with zero attached hydrogens (tertiary/aromatic N) is 3. The van der Waals surface area contributed by atoms with Gasteiger partial charge in [0.25, 0.3) is 11.5 Å². The van der Waals surface area contributed by atoms with Crippen molar-refractivity contribution in [1.29, 1.82) is 0 Å². The van der Waals surface area contributed by atoms with Crippen LogP contribution in [0.25, 0.3) is 6.08 Å². The number of aromatic amines is 1. The minimum Gasteiger partial charge on any atom is -0.497 e. The number of hydrogen-bond acceptors (Lipinski definition) is 6. The van der Waals surface area contributed by atoms with Gasteiger partial charge in [0.2, 0.25) is 5.62 Å². The van der Waals surface area contributed by atoms with E-state index >= 15 is 0 Å². The van der Waals surface area contributed by atoms with Gasteiger partial charge in [-0.1, -0.05) is 6.07 Å². The number of carbonyl (C=O) groups excluding carboxylic acids is 1. The average molecular weight is 447 g/mol. The van der Waals surface area contributed by atoms with E-state index in [-0.39, 0.29) is 11.5 Å². The van der Waals surface area contributed by atoms with Crippen molar-refractivity contribution >= 4 is 12.0 Å². The maximum absolute atomic E-state index is 13.6. The fraction of sp³-hybridized carbons (Fsp3) is 0.250. The highest BCUT2D eigenvalue weighted by Crippen LogP contribution is 2.37. The van der Waals surface area contributed by atoms with Crippen molar-refractivity contribution in [3.05, 3.63) is 86.4 Å². The molecule has 1 aliphatic rings. The molecule has 3 heterocycles. The highest BCUT2D eigenvalue weighted by molar-refractivity contribution is 5.96. The molecule has 0 radical (unpaired) electrons. The summed E-state index contributed by atoms with van der Waals surface area (Å²) < 4.78 is 12.5. The second kappa shape index (κ2) is 9.15. The minimum atomic E-state index is -0.770. The van der Waals surface area contributed by atoms with Crippen molar-refractivity contribution in [2.24, 2.45) is 4.99 Å². The largest absolute Gasteiger partial charge is 0.497 e. The number of amides is 1. The van der Waals surface area contributed by atoms with E-state index in [1.807, 2.05) is 13.0 Å². The topological polar surface area (TPSA) is 111 Å². The molecule has 2 aromatic heterocycles. The summed E-state index contributed by atoms with van der Waals surface area (Å²) in [6, 6.07) is 8.16. The molecule has 0 spiro atoms. The van der Waals surface area contributed by atoms with E-state index in [1.165, 1.54) is 4.57 Å². The number of imidazole rings is 1. The van der Waals surface area contributed by atoms with E-state index in [0.29, 0.717) is 45.8 Å². The van der Waals surface area contributed by atoms with Crippen LogP contribution in [0.5, 0.6) is 11.5 Å². The molecule has 1 amide bonds. The van der Waals surface area contributed by atoms with Gasteiger partial charge < -0.3 is 19.8 Å². The number of likely N-dealkylation sites (N-methyl/N-ethyl adjacent to an activating group) is 1. The molecular formula is C24H25N5O4. The first kappa shape index (κ1) is 22.1. The Morgan fingerprint density at radius 2 is 2.09 bits per heavy atom. The predicted octanol–water partition coefficient (Wildman–Crippen LogP) is 1.05. The third-order valence-electron chi connectivity index (χ3n) is 5.43. The maximum atomic E-state index is 13.6. The lowest BCUT2D eigenvalue weighted by Gasteiger charge is -2.26. The SMILES string of the molecule is CCNC(=O)C1=C(C)N=c2[nH]/c(=C\c3cccnc3)c(=O)n2C1c1cc(OC)ccc1OC. The van der Waals surface area contributed by atoms with Crippen LogP contribution in [0, 0.1) is 0 Å². The Labute approximate surface area is 190 Å². The third-order valence-corrected chi connectivity index (χ3v) is 5.43. The molecule has 33 heavy (non-hydrogen) atoms. The van der Waals surface area contributed by atoms with Crippen LogP contribution in [0.4, 0.5) is 0 Å². The van der Waals surface area contributed by atoms with Crippen molar-refractivity contribution in [2.45, 2.75) is 19.9 Å². The number of H-pyrrole nitrogens is 1. The second-order valence-corrected chi connectivity index (χ2v) is 7.45. The number of methoxy groups -OCH3 is 2. The molecule has 4 rings (SSSR count). The standard InChI is InChI=1S/C24H25N5O4/c1-5-26-22(30)20-14(2)27-24-28-18(11-15-7-6-10-25-13-15)23(31)29(24)21(20)17-12-16(32-3)8-9-19(17)33-4/h6-13,21H,5H2,1-4H3,(H,26,30)(H,27,28)/b18-11-. The minimum absolute atomic E-state index is 0.301. The lowest BCUT2D eigenvalue weighted by atomic mass is 9.94. The number of fused-ring (bicyclic) bond motifs is 1. The van der Waals surface area contributed by atoms with E-state index in [2.05, 4.69) is 20.3 Å². The highest BCUT2D eigenvalue weighted by Gasteiger charge is 2.34. The Morgan fingerprint density at radius 1 is 1.27 bits per heavy atom. The molecule has 0 fully saturated rings. The summed E-state index contributed by atoms with van der Waals surface area (Å²) in [5.41, 5.74) is 2.27. The Kier molecular flexibility index (Phi) is 6.12. The van der Waals surface area contributed by atoms with E-state index in [9.17, 15) is 9.59 Å². The van der Waals surface area contributed by atoms with Crippen molar-refractivity contribution in [3.8, 4) is 11.5 Å².